The molecule has 0 saturated heterocycles. The Kier molecular flexibility index (Phi) is 5.50. The smallest absolute Gasteiger partial charge is 0.158 e. The van der Waals surface area contributed by atoms with Crippen molar-refractivity contribution < 1.29 is 4.74 Å². The lowest BCUT2D eigenvalue weighted by atomic mass is 9.82. The van der Waals surface area contributed by atoms with E-state index in [0.717, 1.165) is 12.4 Å². The van der Waals surface area contributed by atoms with Crippen molar-refractivity contribution in [3.8, 4) is 0 Å². The van der Waals surface area contributed by atoms with Crippen LogP contribution in [-0.2, 0) is 11.3 Å². The molecule has 6 heteroatoms. The molecule has 0 aliphatic heterocycles. The predicted octanol–water partition coefficient (Wildman–Crippen LogP) is 2.00. The highest BCUT2D eigenvalue weighted by atomic mass is 16.5. The van der Waals surface area contributed by atoms with Crippen molar-refractivity contribution in [1.29, 1.82) is 0 Å². The number of hydrogen-bond donors (Lipinski definition) is 3. The van der Waals surface area contributed by atoms with Gasteiger partial charge in [-0.3, -0.25) is 0 Å². The van der Waals surface area contributed by atoms with E-state index in [-0.39, 0.29) is 5.41 Å². The van der Waals surface area contributed by atoms with E-state index in [9.17, 15) is 0 Å². The normalized spacial score (nSPS) is 13.2. The first kappa shape index (κ1) is 15.7. The van der Waals surface area contributed by atoms with Crippen LogP contribution in [0.15, 0.2) is 6.07 Å². The number of hydrazine groups is 1. The van der Waals surface area contributed by atoms with Gasteiger partial charge in [-0.25, -0.2) is 15.8 Å². The minimum absolute atomic E-state index is 0.254. The summed E-state index contributed by atoms with van der Waals surface area (Å²) in [6.07, 6.45) is 0. The average Bonchev–Trinajstić information content (AvgIpc) is 2.34. The van der Waals surface area contributed by atoms with Crippen LogP contribution in [0.1, 0.15) is 33.5 Å². The molecule has 0 fully saturated rings. The fraction of sp³-hybridized carbons (Fsp3) is 0.692. The van der Waals surface area contributed by atoms with Gasteiger partial charge in [-0.15, -0.1) is 0 Å². The summed E-state index contributed by atoms with van der Waals surface area (Å²) >= 11 is 0. The fourth-order valence-electron chi connectivity index (χ4n) is 1.42. The number of rotatable bonds is 6. The average molecular weight is 267 g/mol. The Morgan fingerprint density at radius 3 is 2.47 bits per heavy atom. The van der Waals surface area contributed by atoms with Crippen molar-refractivity contribution >= 4 is 11.6 Å². The number of nitrogen functional groups attached to an aromatic ring is 1. The van der Waals surface area contributed by atoms with Crippen LogP contribution in [0.25, 0.3) is 0 Å². The van der Waals surface area contributed by atoms with E-state index in [2.05, 4.69) is 48.4 Å². The molecule has 0 aromatic carbocycles. The fourth-order valence-corrected chi connectivity index (χ4v) is 1.42. The molecule has 0 aliphatic carbocycles. The molecule has 19 heavy (non-hydrogen) atoms. The van der Waals surface area contributed by atoms with Gasteiger partial charge >= 0.3 is 0 Å². The van der Waals surface area contributed by atoms with E-state index in [0.29, 0.717) is 24.2 Å². The van der Waals surface area contributed by atoms with Gasteiger partial charge in [0.25, 0.3) is 0 Å². The molecule has 0 spiro atoms. The highest BCUT2D eigenvalue weighted by molar-refractivity contribution is 5.46. The topological polar surface area (TPSA) is 85.1 Å². The molecule has 0 aliphatic rings. The molecule has 108 valence electrons. The third-order valence-electron chi connectivity index (χ3n) is 3.26. The first-order valence-electron chi connectivity index (χ1n) is 6.44. The minimum atomic E-state index is 0.254. The van der Waals surface area contributed by atoms with E-state index in [1.54, 1.807) is 13.2 Å². The molecule has 6 nitrogen and oxygen atoms in total. The summed E-state index contributed by atoms with van der Waals surface area (Å²) in [7, 11) is 1.61. The number of aromatic nitrogens is 2. The number of ether oxygens (including phenoxy) is 1. The molecule has 1 aromatic heterocycles. The van der Waals surface area contributed by atoms with Crippen LogP contribution >= 0.6 is 0 Å². The number of anilines is 2. The lowest BCUT2D eigenvalue weighted by Crippen LogP contribution is -2.25. The Morgan fingerprint density at radius 1 is 1.32 bits per heavy atom. The van der Waals surface area contributed by atoms with Crippen molar-refractivity contribution in [2.45, 2.75) is 34.3 Å². The SMILES string of the molecule is COCc1nc(NN)cc(NCC(C)C(C)(C)C)n1. The van der Waals surface area contributed by atoms with Crippen molar-refractivity contribution in [3.63, 3.8) is 0 Å². The molecule has 0 radical (unpaired) electrons. The van der Waals surface area contributed by atoms with Gasteiger partial charge in [0, 0.05) is 19.7 Å². The molecule has 1 heterocycles. The highest BCUT2D eigenvalue weighted by Crippen LogP contribution is 2.25. The van der Waals surface area contributed by atoms with Crippen LogP contribution in [0, 0.1) is 11.3 Å². The molecular formula is C13H25N5O. The third kappa shape index (κ3) is 5.00. The quantitative estimate of drug-likeness (QED) is 0.540. The monoisotopic (exact) mass is 267 g/mol. The number of nitrogens with one attached hydrogen (secondary N) is 2. The van der Waals surface area contributed by atoms with Gasteiger partial charge in [0.15, 0.2) is 5.82 Å². The lowest BCUT2D eigenvalue weighted by Gasteiger charge is -2.27. The van der Waals surface area contributed by atoms with E-state index in [1.165, 1.54) is 0 Å². The molecule has 0 amide bonds. The summed E-state index contributed by atoms with van der Waals surface area (Å²) in [4.78, 5) is 8.59. The Hall–Kier alpha value is -1.40. The first-order chi connectivity index (χ1) is 8.86. The summed E-state index contributed by atoms with van der Waals surface area (Å²) in [5, 5.41) is 3.32. The van der Waals surface area contributed by atoms with Crippen LogP contribution in [0.2, 0.25) is 0 Å². The zero-order valence-corrected chi connectivity index (χ0v) is 12.4. The van der Waals surface area contributed by atoms with Crippen LogP contribution in [0.3, 0.4) is 0 Å². The van der Waals surface area contributed by atoms with Crippen LogP contribution in [0.4, 0.5) is 11.6 Å². The summed E-state index contributed by atoms with van der Waals surface area (Å²) in [6, 6.07) is 1.79. The Labute approximate surface area is 115 Å². The summed E-state index contributed by atoms with van der Waals surface area (Å²) in [5.74, 6) is 7.85. The van der Waals surface area contributed by atoms with Gasteiger partial charge in [-0.05, 0) is 11.3 Å². The third-order valence-corrected chi connectivity index (χ3v) is 3.26. The second-order valence-corrected chi connectivity index (χ2v) is 5.78. The molecule has 1 rings (SSSR count). The van der Waals surface area contributed by atoms with Gasteiger partial charge in [0.2, 0.25) is 0 Å². The molecule has 0 saturated carbocycles. The second kappa shape index (κ2) is 6.68. The van der Waals surface area contributed by atoms with Gasteiger partial charge < -0.3 is 15.5 Å². The van der Waals surface area contributed by atoms with Crippen molar-refractivity contribution in [1.82, 2.24) is 9.97 Å². The number of hydrogen-bond acceptors (Lipinski definition) is 6. The lowest BCUT2D eigenvalue weighted by molar-refractivity contribution is 0.178. The van der Waals surface area contributed by atoms with Crippen LogP contribution in [0.5, 0.6) is 0 Å². The standard InChI is InChI=1S/C13H25N5O/c1-9(13(2,3)4)7-15-10-6-11(18-14)17-12(16-10)8-19-5/h6,9H,7-8,14H2,1-5H3,(H2,15,16,17,18). The molecule has 1 aromatic rings. The van der Waals surface area contributed by atoms with E-state index in [1.807, 2.05) is 0 Å². The van der Waals surface area contributed by atoms with E-state index >= 15 is 0 Å². The Balaban J connectivity index is 2.74. The molecular weight excluding hydrogens is 242 g/mol. The minimum Gasteiger partial charge on any atom is -0.377 e. The molecule has 1 atom stereocenters. The predicted molar refractivity (Wildman–Crippen MR) is 77.7 cm³/mol. The largest absolute Gasteiger partial charge is 0.377 e. The van der Waals surface area contributed by atoms with Crippen molar-refractivity contribution in [2.75, 3.05) is 24.4 Å². The maximum atomic E-state index is 5.40. The van der Waals surface area contributed by atoms with Crippen molar-refractivity contribution in [3.05, 3.63) is 11.9 Å². The zero-order chi connectivity index (χ0) is 14.5. The second-order valence-electron chi connectivity index (χ2n) is 5.78. The summed E-state index contributed by atoms with van der Waals surface area (Å²) in [6.45, 7) is 10.1. The molecule has 4 N–H and O–H groups in total. The van der Waals surface area contributed by atoms with Crippen LogP contribution in [-0.4, -0.2) is 23.6 Å². The summed E-state index contributed by atoms with van der Waals surface area (Å²) < 4.78 is 5.04. The highest BCUT2D eigenvalue weighted by Gasteiger charge is 2.19. The van der Waals surface area contributed by atoms with E-state index in [4.69, 9.17) is 10.6 Å². The van der Waals surface area contributed by atoms with Gasteiger partial charge in [-0.1, -0.05) is 27.7 Å². The Morgan fingerprint density at radius 2 is 1.95 bits per heavy atom. The van der Waals surface area contributed by atoms with Gasteiger partial charge in [-0.2, -0.15) is 0 Å². The number of nitrogens with two attached hydrogens (primary N) is 1. The summed E-state index contributed by atoms with van der Waals surface area (Å²) in [5.41, 5.74) is 2.79. The van der Waals surface area contributed by atoms with Gasteiger partial charge in [0.1, 0.15) is 18.2 Å². The van der Waals surface area contributed by atoms with Gasteiger partial charge in [0.05, 0.1) is 0 Å². The number of nitrogens with zero attached hydrogens (tertiary/aromatic N) is 2. The number of methoxy groups -OCH3 is 1. The van der Waals surface area contributed by atoms with Crippen molar-refractivity contribution in [2.24, 2.45) is 17.2 Å². The van der Waals surface area contributed by atoms with Crippen LogP contribution < -0.4 is 16.6 Å². The maximum Gasteiger partial charge on any atom is 0.158 e. The zero-order valence-electron chi connectivity index (χ0n) is 12.4. The maximum absolute atomic E-state index is 5.40. The molecule has 1 unspecified atom stereocenters. The molecule has 0 bridgehead atoms. The Bertz CT molecular complexity index is 403. The first-order valence-corrected chi connectivity index (χ1v) is 6.44. The van der Waals surface area contributed by atoms with E-state index < -0.39 is 0 Å².